The zero-order valence-electron chi connectivity index (χ0n) is 14.6. The van der Waals surface area contributed by atoms with Gasteiger partial charge in [-0.25, -0.2) is 0 Å². The van der Waals surface area contributed by atoms with Crippen molar-refractivity contribution >= 4 is 34.0 Å². The molecule has 0 aliphatic carbocycles. The van der Waals surface area contributed by atoms with Crippen molar-refractivity contribution in [3.8, 4) is 5.75 Å². The zero-order valence-corrected chi connectivity index (χ0v) is 16.2. The number of carbonyl (C=O) groups is 1. The highest BCUT2D eigenvalue weighted by Gasteiger charge is 2.19. The van der Waals surface area contributed by atoms with Crippen molar-refractivity contribution in [2.75, 3.05) is 37.4 Å². The highest BCUT2D eigenvalue weighted by Crippen LogP contribution is 2.29. The number of ether oxygens (including phenoxy) is 1. The van der Waals surface area contributed by atoms with E-state index in [4.69, 9.17) is 22.1 Å². The Morgan fingerprint density at radius 2 is 2.04 bits per heavy atom. The third-order valence-corrected chi connectivity index (χ3v) is 4.74. The van der Waals surface area contributed by atoms with Gasteiger partial charge in [-0.2, -0.15) is 0 Å². The summed E-state index contributed by atoms with van der Waals surface area (Å²) in [5.74, 6) is 0.426. The van der Waals surface area contributed by atoms with Crippen LogP contribution in [0.25, 0.3) is 0 Å². The quantitative estimate of drug-likeness (QED) is 0.510. The number of anilines is 1. The predicted molar refractivity (Wildman–Crippen MR) is 100 cm³/mol. The van der Waals surface area contributed by atoms with E-state index >= 15 is 0 Å². The summed E-state index contributed by atoms with van der Waals surface area (Å²) in [5.41, 5.74) is 6.45. The zero-order chi connectivity index (χ0) is 18.3. The molecule has 1 aromatic rings. The van der Waals surface area contributed by atoms with Gasteiger partial charge in [0.25, 0.3) is 5.91 Å². The standard InChI is InChI=1S/C16H26ClN3O3S/c1-5-20(6-2)11(3)19-16(21)12-9-13(17)14(18)10-15(12)23-7-8-24(4)22/h9-11H,5-8,18H2,1-4H3,(H,19,21). The lowest BCUT2D eigenvalue weighted by molar-refractivity contribution is 0.0871. The van der Waals surface area contributed by atoms with Crippen LogP contribution < -0.4 is 15.8 Å². The molecule has 0 radical (unpaired) electrons. The smallest absolute Gasteiger partial charge is 0.256 e. The van der Waals surface area contributed by atoms with E-state index in [-0.39, 0.29) is 18.7 Å². The Labute approximate surface area is 151 Å². The van der Waals surface area contributed by atoms with Crippen LogP contribution in [0.3, 0.4) is 0 Å². The van der Waals surface area contributed by atoms with E-state index in [0.717, 1.165) is 13.1 Å². The maximum absolute atomic E-state index is 12.6. The van der Waals surface area contributed by atoms with Gasteiger partial charge >= 0.3 is 0 Å². The molecule has 3 N–H and O–H groups in total. The average molecular weight is 376 g/mol. The largest absolute Gasteiger partial charge is 0.492 e. The van der Waals surface area contributed by atoms with Gasteiger partial charge in [0.2, 0.25) is 0 Å². The molecule has 0 bridgehead atoms. The van der Waals surface area contributed by atoms with Crippen LogP contribution in [0.1, 0.15) is 31.1 Å². The Morgan fingerprint density at radius 3 is 2.58 bits per heavy atom. The van der Waals surface area contributed by atoms with Crippen LogP contribution >= 0.6 is 11.6 Å². The summed E-state index contributed by atoms with van der Waals surface area (Å²) in [7, 11) is -0.974. The number of nitrogens with two attached hydrogens (primary N) is 1. The van der Waals surface area contributed by atoms with Crippen molar-refractivity contribution in [1.29, 1.82) is 0 Å². The first-order chi connectivity index (χ1) is 11.3. The van der Waals surface area contributed by atoms with Crippen LogP contribution in [0.4, 0.5) is 5.69 Å². The Balaban J connectivity index is 2.96. The molecule has 6 nitrogen and oxygen atoms in total. The number of nitrogens with zero attached hydrogens (tertiary/aromatic N) is 1. The van der Waals surface area contributed by atoms with Crippen LogP contribution in [0, 0.1) is 0 Å². The molecule has 0 saturated carbocycles. The van der Waals surface area contributed by atoms with Crippen LogP contribution in [0.15, 0.2) is 12.1 Å². The molecular formula is C16H26ClN3O3S. The van der Waals surface area contributed by atoms with E-state index in [1.165, 1.54) is 12.1 Å². The monoisotopic (exact) mass is 375 g/mol. The second kappa shape index (κ2) is 9.86. The minimum Gasteiger partial charge on any atom is -0.492 e. The van der Waals surface area contributed by atoms with Crippen molar-refractivity contribution in [2.45, 2.75) is 26.9 Å². The van der Waals surface area contributed by atoms with E-state index in [9.17, 15) is 9.00 Å². The minimum absolute atomic E-state index is 0.125. The maximum Gasteiger partial charge on any atom is 0.256 e. The van der Waals surface area contributed by atoms with Gasteiger partial charge in [-0.1, -0.05) is 25.4 Å². The number of nitrogens with one attached hydrogen (secondary N) is 1. The fourth-order valence-electron chi connectivity index (χ4n) is 2.27. The lowest BCUT2D eigenvalue weighted by Gasteiger charge is -2.27. The van der Waals surface area contributed by atoms with Crippen LogP contribution in [-0.2, 0) is 10.8 Å². The fraction of sp³-hybridized carbons (Fsp3) is 0.562. The summed E-state index contributed by atoms with van der Waals surface area (Å²) in [4.78, 5) is 14.7. The normalized spacial score (nSPS) is 13.6. The summed E-state index contributed by atoms with van der Waals surface area (Å²) in [6, 6.07) is 3.03. The number of hydrogen-bond acceptors (Lipinski definition) is 5. The van der Waals surface area contributed by atoms with Crippen molar-refractivity contribution in [3.05, 3.63) is 22.7 Å². The Kier molecular flexibility index (Phi) is 8.52. The molecule has 0 fully saturated rings. The van der Waals surface area contributed by atoms with Gasteiger partial charge in [-0.15, -0.1) is 0 Å². The summed E-state index contributed by atoms with van der Waals surface area (Å²) in [6.07, 6.45) is 1.47. The summed E-state index contributed by atoms with van der Waals surface area (Å²) in [5, 5.41) is 3.23. The molecule has 1 aromatic carbocycles. The highest BCUT2D eigenvalue weighted by atomic mass is 35.5. The molecule has 1 amide bonds. The molecule has 8 heteroatoms. The number of nitrogen functional groups attached to an aromatic ring is 1. The summed E-state index contributed by atoms with van der Waals surface area (Å²) >= 11 is 6.05. The lowest BCUT2D eigenvalue weighted by Crippen LogP contribution is -2.46. The third kappa shape index (κ3) is 5.96. The van der Waals surface area contributed by atoms with E-state index in [2.05, 4.69) is 10.2 Å². The predicted octanol–water partition coefficient (Wildman–Crippen LogP) is 2.10. The van der Waals surface area contributed by atoms with Gasteiger partial charge in [-0.05, 0) is 26.1 Å². The minimum atomic E-state index is -0.974. The first-order valence-corrected chi connectivity index (χ1v) is 9.97. The molecule has 2 atom stereocenters. The van der Waals surface area contributed by atoms with E-state index < -0.39 is 10.8 Å². The van der Waals surface area contributed by atoms with Crippen molar-refractivity contribution in [2.24, 2.45) is 0 Å². The van der Waals surface area contributed by atoms with Crippen molar-refractivity contribution in [1.82, 2.24) is 10.2 Å². The number of amides is 1. The molecule has 0 saturated heterocycles. The van der Waals surface area contributed by atoms with Gasteiger partial charge in [-0.3, -0.25) is 13.9 Å². The van der Waals surface area contributed by atoms with Gasteiger partial charge in [0.15, 0.2) is 0 Å². The number of benzene rings is 1. The molecule has 0 aliphatic rings. The summed E-state index contributed by atoms with van der Waals surface area (Å²) < 4.78 is 16.8. The van der Waals surface area contributed by atoms with E-state index in [0.29, 0.717) is 27.8 Å². The Bertz CT molecular complexity index is 594. The van der Waals surface area contributed by atoms with Gasteiger partial charge in [0, 0.05) is 23.1 Å². The molecule has 0 aliphatic heterocycles. The SMILES string of the molecule is CCN(CC)C(C)NC(=O)c1cc(Cl)c(N)cc1OCCS(C)=O. The van der Waals surface area contributed by atoms with Crippen molar-refractivity contribution < 1.29 is 13.7 Å². The van der Waals surface area contributed by atoms with Crippen LogP contribution in [0.2, 0.25) is 5.02 Å². The highest BCUT2D eigenvalue weighted by molar-refractivity contribution is 7.84. The molecule has 0 heterocycles. The van der Waals surface area contributed by atoms with Gasteiger partial charge < -0.3 is 15.8 Å². The first-order valence-electron chi connectivity index (χ1n) is 7.86. The number of halogens is 1. The van der Waals surface area contributed by atoms with Crippen LogP contribution in [-0.4, -0.2) is 52.9 Å². The number of hydrogen-bond donors (Lipinski definition) is 2. The molecular weight excluding hydrogens is 350 g/mol. The van der Waals surface area contributed by atoms with E-state index in [1.54, 1.807) is 6.26 Å². The Hall–Kier alpha value is -1.31. The lowest BCUT2D eigenvalue weighted by atomic mass is 10.1. The summed E-state index contributed by atoms with van der Waals surface area (Å²) in [6.45, 7) is 7.87. The average Bonchev–Trinajstić information content (AvgIpc) is 2.51. The fourth-order valence-corrected chi connectivity index (χ4v) is 2.75. The van der Waals surface area contributed by atoms with E-state index in [1.807, 2.05) is 20.8 Å². The van der Waals surface area contributed by atoms with Gasteiger partial charge in [0.1, 0.15) is 5.75 Å². The van der Waals surface area contributed by atoms with Gasteiger partial charge in [0.05, 0.1) is 34.8 Å². The maximum atomic E-state index is 12.6. The third-order valence-electron chi connectivity index (χ3n) is 3.67. The molecule has 136 valence electrons. The second-order valence-corrected chi connectivity index (χ2v) is 7.33. The topological polar surface area (TPSA) is 84.7 Å². The number of carbonyl (C=O) groups excluding carboxylic acids is 1. The van der Waals surface area contributed by atoms with Crippen molar-refractivity contribution in [3.63, 3.8) is 0 Å². The molecule has 24 heavy (non-hydrogen) atoms. The molecule has 1 rings (SSSR count). The first kappa shape index (κ1) is 20.7. The molecule has 2 unspecified atom stereocenters. The Morgan fingerprint density at radius 1 is 1.42 bits per heavy atom. The molecule has 0 spiro atoms. The number of rotatable bonds is 9. The second-order valence-electron chi connectivity index (χ2n) is 5.37. The van der Waals surface area contributed by atoms with Crippen LogP contribution in [0.5, 0.6) is 5.75 Å². The molecule has 0 aromatic heterocycles.